The van der Waals surface area contributed by atoms with Gasteiger partial charge in [0.15, 0.2) is 0 Å². The van der Waals surface area contributed by atoms with E-state index < -0.39 is 0 Å². The normalized spacial score (nSPS) is 12.8. The molecule has 0 unspecified atom stereocenters. The van der Waals surface area contributed by atoms with Gasteiger partial charge in [0.2, 0.25) is 0 Å². The third-order valence-corrected chi connectivity index (χ3v) is 7.92. The van der Waals surface area contributed by atoms with Gasteiger partial charge in [-0.3, -0.25) is 10.1 Å². The van der Waals surface area contributed by atoms with Gasteiger partial charge in [0.05, 0.1) is 28.2 Å². The number of ether oxygens (including phenoxy) is 1. The molecular weight excluding hydrogens is 594 g/mol. The van der Waals surface area contributed by atoms with E-state index in [2.05, 4.69) is 12.2 Å². The summed E-state index contributed by atoms with van der Waals surface area (Å²) in [4.78, 5) is 11.1. The summed E-state index contributed by atoms with van der Waals surface area (Å²) in [5.41, 5.74) is 7.36. The van der Waals surface area contributed by atoms with Gasteiger partial charge < -0.3 is 4.74 Å². The number of benzene rings is 5. The first-order chi connectivity index (χ1) is 23.6. The van der Waals surface area contributed by atoms with Crippen molar-refractivity contribution < 1.29 is 14.1 Å². The maximum Gasteiger partial charge on any atom is 0.361 e. The fraction of sp³-hybridized carbons (Fsp3) is 0. The van der Waals surface area contributed by atoms with E-state index in [0.29, 0.717) is 0 Å². The monoisotopic (exact) mass is 624 g/mol. The van der Waals surface area contributed by atoms with Crippen LogP contribution < -0.4 is 0 Å². The summed E-state index contributed by atoms with van der Waals surface area (Å²) in [5.74, 6) is 2.90. The molecule has 5 aromatic carbocycles. The first-order valence-corrected chi connectivity index (χ1v) is 15.6. The summed E-state index contributed by atoms with van der Waals surface area (Å²) < 4.78 is 12.9. The number of hydrogen-bond acceptors (Lipinski definition) is 3. The smallest absolute Gasteiger partial charge is 0.361 e. The van der Waals surface area contributed by atoms with E-state index in [4.69, 9.17) is 9.15 Å². The lowest BCUT2D eigenvalue weighted by molar-refractivity contribution is -0.384. The van der Waals surface area contributed by atoms with Crippen LogP contribution in [-0.2, 0) is 4.74 Å². The van der Waals surface area contributed by atoms with Crippen LogP contribution in [0.4, 0.5) is 5.69 Å². The van der Waals surface area contributed by atoms with Crippen LogP contribution in [0.2, 0.25) is 0 Å². The molecule has 1 aliphatic heterocycles. The van der Waals surface area contributed by atoms with Gasteiger partial charge in [0.1, 0.15) is 11.5 Å². The Balaban J connectivity index is 1.42. The van der Waals surface area contributed by atoms with E-state index >= 15 is 0 Å². The second-order valence-electron chi connectivity index (χ2n) is 11.3. The topological polar surface area (TPSA) is 63.7 Å². The van der Waals surface area contributed by atoms with Crippen LogP contribution in [0, 0.1) is 10.1 Å². The number of non-ortho nitro benzene ring substituents is 1. The van der Waals surface area contributed by atoms with Crippen LogP contribution in [-0.4, -0.2) is 4.92 Å². The summed E-state index contributed by atoms with van der Waals surface area (Å²) in [6, 6.07) is 50.7. The van der Waals surface area contributed by atoms with Crippen LogP contribution in [0.1, 0.15) is 22.3 Å². The highest BCUT2D eigenvalue weighted by Gasteiger charge is 2.20. The average Bonchev–Trinajstić information content (AvgIpc) is 3.16. The van der Waals surface area contributed by atoms with Crippen molar-refractivity contribution in [2.24, 2.45) is 0 Å². The predicted octanol–water partition coefficient (Wildman–Crippen LogP) is 11.4. The van der Waals surface area contributed by atoms with E-state index in [0.717, 1.165) is 67.6 Å². The highest BCUT2D eigenvalue weighted by molar-refractivity contribution is 5.91. The summed E-state index contributed by atoms with van der Waals surface area (Å²) in [6.07, 6.45) is 8.21. The molecule has 0 N–H and O–H groups in total. The van der Waals surface area contributed by atoms with Gasteiger partial charge in [0.25, 0.3) is 5.69 Å². The zero-order valence-corrected chi connectivity index (χ0v) is 25.9. The van der Waals surface area contributed by atoms with Gasteiger partial charge >= 0.3 is 11.5 Å². The van der Waals surface area contributed by atoms with Crippen LogP contribution in [0.15, 0.2) is 186 Å². The van der Waals surface area contributed by atoms with Crippen molar-refractivity contribution in [3.05, 3.63) is 214 Å². The molecule has 0 bridgehead atoms. The van der Waals surface area contributed by atoms with E-state index in [9.17, 15) is 10.1 Å². The van der Waals surface area contributed by atoms with Gasteiger partial charge in [-0.05, 0) is 83.0 Å². The van der Waals surface area contributed by atoms with Gasteiger partial charge in [0, 0.05) is 23.3 Å². The van der Waals surface area contributed by atoms with Crippen molar-refractivity contribution in [1.29, 1.82) is 0 Å². The highest BCUT2D eigenvalue weighted by atomic mass is 16.6. The molecule has 0 radical (unpaired) electrons. The molecule has 230 valence electrons. The summed E-state index contributed by atoms with van der Waals surface area (Å²) in [6.45, 7) is 0. The SMILES string of the molecule is O=[N+]([O-])c1ccc(/C(C=C2C=C(c3ccccc3)OC(c3ccccc3)=C2)=C\c2cc(-c3ccccc3)[o+]c(-c3ccccc3)c2)cc1. The molecule has 0 saturated heterocycles. The molecule has 1 aliphatic rings. The van der Waals surface area contributed by atoms with Gasteiger partial charge in [-0.1, -0.05) is 97.1 Å². The zero-order chi connectivity index (χ0) is 32.7. The first-order valence-electron chi connectivity index (χ1n) is 15.6. The lowest BCUT2D eigenvalue weighted by Gasteiger charge is -2.19. The number of rotatable bonds is 8. The van der Waals surface area contributed by atoms with Gasteiger partial charge in [-0.25, -0.2) is 4.42 Å². The third kappa shape index (κ3) is 6.96. The number of nitro benzene ring substituents is 1. The minimum atomic E-state index is -0.384. The lowest BCUT2D eigenvalue weighted by atomic mass is 9.96. The van der Waals surface area contributed by atoms with E-state index in [-0.39, 0.29) is 10.6 Å². The Morgan fingerprint density at radius 2 is 1.02 bits per heavy atom. The summed E-state index contributed by atoms with van der Waals surface area (Å²) in [5, 5.41) is 11.5. The fourth-order valence-corrected chi connectivity index (χ4v) is 5.53. The molecule has 0 amide bonds. The second kappa shape index (κ2) is 13.8. The molecule has 0 saturated carbocycles. The van der Waals surface area contributed by atoms with Crippen LogP contribution >= 0.6 is 0 Å². The van der Waals surface area contributed by atoms with Crippen molar-refractivity contribution >= 4 is 28.9 Å². The van der Waals surface area contributed by atoms with Crippen molar-refractivity contribution in [3.8, 4) is 22.6 Å². The van der Waals surface area contributed by atoms with Crippen LogP contribution in [0.25, 0.3) is 45.8 Å². The molecule has 5 nitrogen and oxygen atoms in total. The molecule has 6 aromatic rings. The average molecular weight is 625 g/mol. The quantitative estimate of drug-likeness (QED) is 0.0960. The van der Waals surface area contributed by atoms with E-state index in [1.54, 1.807) is 12.1 Å². The molecule has 0 spiro atoms. The van der Waals surface area contributed by atoms with E-state index in [1.165, 1.54) is 12.1 Å². The molecule has 0 fully saturated rings. The first kappa shape index (κ1) is 30.1. The molecule has 0 aliphatic carbocycles. The number of allylic oxidation sites excluding steroid dienone is 5. The molecule has 1 aromatic heterocycles. The van der Waals surface area contributed by atoms with Crippen molar-refractivity contribution in [2.75, 3.05) is 0 Å². The number of hydrogen-bond donors (Lipinski definition) is 0. The van der Waals surface area contributed by atoms with Crippen LogP contribution in [0.3, 0.4) is 0 Å². The molecule has 0 atom stereocenters. The predicted molar refractivity (Wildman–Crippen MR) is 193 cm³/mol. The Bertz CT molecular complexity index is 2070. The Morgan fingerprint density at radius 1 is 0.583 bits per heavy atom. The zero-order valence-electron chi connectivity index (χ0n) is 25.9. The summed E-state index contributed by atoms with van der Waals surface area (Å²) >= 11 is 0. The second-order valence-corrected chi connectivity index (χ2v) is 11.3. The van der Waals surface area contributed by atoms with Crippen molar-refractivity contribution in [2.45, 2.75) is 0 Å². The van der Waals surface area contributed by atoms with Gasteiger partial charge in [-0.15, -0.1) is 0 Å². The Hall–Kier alpha value is -6.59. The van der Waals surface area contributed by atoms with E-state index in [1.807, 2.05) is 146 Å². The molecular formula is C43H30NO4+. The standard InChI is InChI=1S/C43H30NO4/c45-44(46)39-23-21-33(22-24-39)38(25-31-27-40(34-13-5-1-6-14-34)47-41(28-31)35-15-7-2-8-16-35)26-32-29-42(36-17-9-3-10-18-36)48-43(30-32)37-19-11-4-12-20-37/h1-30H/q+1. The molecule has 48 heavy (non-hydrogen) atoms. The lowest BCUT2D eigenvalue weighted by Crippen LogP contribution is -2.00. The Kier molecular flexibility index (Phi) is 8.66. The molecule has 7 rings (SSSR count). The van der Waals surface area contributed by atoms with Gasteiger partial charge in [-0.2, -0.15) is 0 Å². The van der Waals surface area contributed by atoms with Crippen LogP contribution in [0.5, 0.6) is 0 Å². The minimum absolute atomic E-state index is 0.0329. The Morgan fingerprint density at radius 3 is 1.46 bits per heavy atom. The minimum Gasteiger partial charge on any atom is -0.456 e. The van der Waals surface area contributed by atoms with Crippen molar-refractivity contribution in [1.82, 2.24) is 0 Å². The Labute approximate surface area is 278 Å². The maximum atomic E-state index is 11.5. The highest BCUT2D eigenvalue weighted by Crippen LogP contribution is 2.35. The fourth-order valence-electron chi connectivity index (χ4n) is 5.53. The molecule has 2 heterocycles. The van der Waals surface area contributed by atoms with Crippen molar-refractivity contribution in [3.63, 3.8) is 0 Å². The molecule has 5 heteroatoms. The third-order valence-electron chi connectivity index (χ3n) is 7.92. The maximum absolute atomic E-state index is 11.5. The summed E-state index contributed by atoms with van der Waals surface area (Å²) in [7, 11) is 0. The largest absolute Gasteiger partial charge is 0.456 e. The number of nitro groups is 1. The number of nitrogens with zero attached hydrogens (tertiary/aromatic N) is 1.